The van der Waals surface area contributed by atoms with Gasteiger partial charge in [-0.1, -0.05) is 24.3 Å². The fourth-order valence-electron chi connectivity index (χ4n) is 2.37. The number of nitrogens with two attached hydrogens (primary N) is 1. The lowest BCUT2D eigenvalue weighted by atomic mass is 9.91. The predicted octanol–water partition coefficient (Wildman–Crippen LogP) is 4.11. The van der Waals surface area contributed by atoms with Gasteiger partial charge < -0.3 is 5.73 Å². The van der Waals surface area contributed by atoms with Gasteiger partial charge in [0.15, 0.2) is 0 Å². The molecule has 2 rings (SSSR count). The minimum absolute atomic E-state index is 0.231. The molecule has 0 aliphatic heterocycles. The van der Waals surface area contributed by atoms with E-state index >= 15 is 0 Å². The van der Waals surface area contributed by atoms with Gasteiger partial charge in [-0.3, -0.25) is 0 Å². The summed E-state index contributed by atoms with van der Waals surface area (Å²) in [6, 6.07) is 8.97. The van der Waals surface area contributed by atoms with Crippen molar-refractivity contribution in [1.82, 2.24) is 0 Å². The SMILES string of the molecule is Cc1ccc(C(N)c2cc(C)c(C)cc2C)c(F)c1. The average molecular weight is 257 g/mol. The molecular weight excluding hydrogens is 237 g/mol. The van der Waals surface area contributed by atoms with Crippen molar-refractivity contribution in [2.24, 2.45) is 5.73 Å². The molecule has 0 spiro atoms. The van der Waals surface area contributed by atoms with Crippen LogP contribution in [0.1, 0.15) is 39.4 Å². The maximum atomic E-state index is 14.0. The maximum Gasteiger partial charge on any atom is 0.128 e. The van der Waals surface area contributed by atoms with Crippen molar-refractivity contribution in [3.63, 3.8) is 0 Å². The van der Waals surface area contributed by atoms with Crippen LogP contribution in [0, 0.1) is 33.5 Å². The van der Waals surface area contributed by atoms with Crippen LogP contribution in [0.4, 0.5) is 4.39 Å². The van der Waals surface area contributed by atoms with Crippen LogP contribution < -0.4 is 5.73 Å². The summed E-state index contributed by atoms with van der Waals surface area (Å²) < 4.78 is 14.0. The Balaban J connectivity index is 2.49. The minimum atomic E-state index is -0.417. The van der Waals surface area contributed by atoms with E-state index in [-0.39, 0.29) is 5.82 Å². The van der Waals surface area contributed by atoms with E-state index in [1.807, 2.05) is 19.9 Å². The molecule has 0 aliphatic rings. The van der Waals surface area contributed by atoms with Crippen molar-refractivity contribution in [2.75, 3.05) is 0 Å². The predicted molar refractivity (Wildman–Crippen MR) is 77.8 cm³/mol. The third-order valence-electron chi connectivity index (χ3n) is 3.71. The topological polar surface area (TPSA) is 26.0 Å². The van der Waals surface area contributed by atoms with Crippen LogP contribution in [-0.4, -0.2) is 0 Å². The molecule has 100 valence electrons. The Morgan fingerprint density at radius 2 is 1.47 bits per heavy atom. The highest BCUT2D eigenvalue weighted by atomic mass is 19.1. The normalized spacial score (nSPS) is 12.5. The number of hydrogen-bond donors (Lipinski definition) is 1. The standard InChI is InChI=1S/C17H20FN/c1-10-5-6-14(16(18)7-10)17(19)15-9-12(3)11(2)8-13(15)4/h5-9,17H,19H2,1-4H3. The van der Waals surface area contributed by atoms with Crippen LogP contribution in [0.2, 0.25) is 0 Å². The monoisotopic (exact) mass is 257 g/mol. The average Bonchev–Trinajstić information content (AvgIpc) is 2.33. The summed E-state index contributed by atoms with van der Waals surface area (Å²) in [5.74, 6) is -0.231. The summed E-state index contributed by atoms with van der Waals surface area (Å²) in [4.78, 5) is 0. The molecule has 2 heteroatoms. The Labute approximate surface area is 114 Å². The van der Waals surface area contributed by atoms with Crippen LogP contribution >= 0.6 is 0 Å². The molecule has 2 aromatic rings. The van der Waals surface area contributed by atoms with Gasteiger partial charge in [-0.25, -0.2) is 4.39 Å². The van der Waals surface area contributed by atoms with Crippen molar-refractivity contribution >= 4 is 0 Å². The maximum absolute atomic E-state index is 14.0. The first-order valence-electron chi connectivity index (χ1n) is 6.49. The number of aryl methyl sites for hydroxylation is 4. The molecule has 1 nitrogen and oxygen atoms in total. The smallest absolute Gasteiger partial charge is 0.128 e. The first-order chi connectivity index (χ1) is 8.90. The van der Waals surface area contributed by atoms with E-state index in [2.05, 4.69) is 26.0 Å². The molecule has 19 heavy (non-hydrogen) atoms. The quantitative estimate of drug-likeness (QED) is 0.861. The first-order valence-corrected chi connectivity index (χ1v) is 6.49. The molecule has 0 fully saturated rings. The summed E-state index contributed by atoms with van der Waals surface area (Å²) in [6.07, 6.45) is 0. The van der Waals surface area contributed by atoms with Gasteiger partial charge in [0.2, 0.25) is 0 Å². The van der Waals surface area contributed by atoms with Crippen LogP contribution in [0.15, 0.2) is 30.3 Å². The van der Waals surface area contributed by atoms with Crippen molar-refractivity contribution in [3.8, 4) is 0 Å². The second-order valence-electron chi connectivity index (χ2n) is 5.30. The van der Waals surface area contributed by atoms with Gasteiger partial charge in [0.05, 0.1) is 6.04 Å². The minimum Gasteiger partial charge on any atom is -0.320 e. The van der Waals surface area contributed by atoms with Gasteiger partial charge in [-0.2, -0.15) is 0 Å². The lowest BCUT2D eigenvalue weighted by Gasteiger charge is -2.18. The zero-order valence-electron chi connectivity index (χ0n) is 11.9. The van der Waals surface area contributed by atoms with E-state index in [1.165, 1.54) is 17.2 Å². The van der Waals surface area contributed by atoms with Crippen molar-refractivity contribution < 1.29 is 4.39 Å². The van der Waals surface area contributed by atoms with E-state index in [1.54, 1.807) is 6.07 Å². The Hall–Kier alpha value is -1.67. The van der Waals surface area contributed by atoms with E-state index in [0.29, 0.717) is 5.56 Å². The van der Waals surface area contributed by atoms with Crippen LogP contribution in [0.5, 0.6) is 0 Å². The summed E-state index contributed by atoms with van der Waals surface area (Å²) in [7, 11) is 0. The second kappa shape index (κ2) is 5.14. The first kappa shape index (κ1) is 13.8. The number of benzene rings is 2. The van der Waals surface area contributed by atoms with Gasteiger partial charge in [0.25, 0.3) is 0 Å². The molecule has 0 aliphatic carbocycles. The molecule has 1 unspecified atom stereocenters. The molecule has 0 heterocycles. The number of rotatable bonds is 2. The van der Waals surface area contributed by atoms with Gasteiger partial charge >= 0.3 is 0 Å². The Morgan fingerprint density at radius 1 is 0.842 bits per heavy atom. The zero-order valence-corrected chi connectivity index (χ0v) is 11.9. The van der Waals surface area contributed by atoms with Crippen LogP contribution in [0.25, 0.3) is 0 Å². The van der Waals surface area contributed by atoms with Gasteiger partial charge in [0.1, 0.15) is 5.82 Å². The molecule has 0 bridgehead atoms. The molecule has 0 aromatic heterocycles. The summed E-state index contributed by atoms with van der Waals surface area (Å²) in [5, 5.41) is 0. The highest BCUT2D eigenvalue weighted by molar-refractivity contribution is 5.42. The fourth-order valence-corrected chi connectivity index (χ4v) is 2.37. The molecule has 2 aromatic carbocycles. The van der Waals surface area contributed by atoms with Crippen molar-refractivity contribution in [3.05, 3.63) is 69.5 Å². The summed E-state index contributed by atoms with van der Waals surface area (Å²) >= 11 is 0. The van der Waals surface area contributed by atoms with Gasteiger partial charge in [-0.15, -0.1) is 0 Å². The van der Waals surface area contributed by atoms with Gasteiger partial charge in [0, 0.05) is 5.56 Å². The zero-order chi connectivity index (χ0) is 14.2. The molecule has 0 radical (unpaired) electrons. The lowest BCUT2D eigenvalue weighted by Crippen LogP contribution is -2.15. The van der Waals surface area contributed by atoms with Crippen LogP contribution in [0.3, 0.4) is 0 Å². The van der Waals surface area contributed by atoms with Crippen molar-refractivity contribution in [1.29, 1.82) is 0 Å². The highest BCUT2D eigenvalue weighted by Crippen LogP contribution is 2.27. The Morgan fingerprint density at radius 3 is 2.11 bits per heavy atom. The summed E-state index contributed by atoms with van der Waals surface area (Å²) in [5.41, 5.74) is 12.2. The van der Waals surface area contributed by atoms with Gasteiger partial charge in [-0.05, 0) is 61.6 Å². The second-order valence-corrected chi connectivity index (χ2v) is 5.30. The molecule has 0 saturated carbocycles. The van der Waals surface area contributed by atoms with E-state index in [0.717, 1.165) is 16.7 Å². The largest absolute Gasteiger partial charge is 0.320 e. The third kappa shape index (κ3) is 2.69. The molecule has 0 saturated heterocycles. The van der Waals surface area contributed by atoms with E-state index in [4.69, 9.17) is 5.73 Å². The third-order valence-corrected chi connectivity index (χ3v) is 3.71. The Bertz CT molecular complexity index is 617. The highest BCUT2D eigenvalue weighted by Gasteiger charge is 2.16. The van der Waals surface area contributed by atoms with Crippen LogP contribution in [-0.2, 0) is 0 Å². The van der Waals surface area contributed by atoms with E-state index < -0.39 is 6.04 Å². The number of hydrogen-bond acceptors (Lipinski definition) is 1. The Kier molecular flexibility index (Phi) is 3.72. The fraction of sp³-hybridized carbons (Fsp3) is 0.294. The summed E-state index contributed by atoms with van der Waals surface area (Å²) in [6.45, 7) is 8.02. The van der Waals surface area contributed by atoms with E-state index in [9.17, 15) is 4.39 Å². The molecule has 0 amide bonds. The molecule has 1 atom stereocenters. The number of halogens is 1. The lowest BCUT2D eigenvalue weighted by molar-refractivity contribution is 0.598. The van der Waals surface area contributed by atoms with Crippen molar-refractivity contribution in [2.45, 2.75) is 33.7 Å². The molecular formula is C17H20FN. The molecule has 2 N–H and O–H groups in total.